The molecule has 6 nitrogen and oxygen atoms in total. The molecule has 1 unspecified atom stereocenters. The Morgan fingerprint density at radius 3 is 3.00 bits per heavy atom. The fourth-order valence-corrected chi connectivity index (χ4v) is 2.96. The predicted octanol–water partition coefficient (Wildman–Crippen LogP) is 1.55. The van der Waals surface area contributed by atoms with Gasteiger partial charge in [-0.05, 0) is 26.3 Å². The van der Waals surface area contributed by atoms with Gasteiger partial charge < -0.3 is 9.55 Å². The van der Waals surface area contributed by atoms with E-state index >= 15 is 0 Å². The number of H-pyrrole nitrogens is 1. The van der Waals surface area contributed by atoms with Gasteiger partial charge in [0, 0.05) is 44.1 Å². The lowest BCUT2D eigenvalue weighted by molar-refractivity contribution is 0.0796. The summed E-state index contributed by atoms with van der Waals surface area (Å²) >= 11 is 0. The van der Waals surface area contributed by atoms with Crippen molar-refractivity contribution in [2.45, 2.75) is 26.3 Å². The Balaban J connectivity index is 1.67. The molecule has 2 aromatic heterocycles. The van der Waals surface area contributed by atoms with Crippen LogP contribution in [0.3, 0.4) is 0 Å². The van der Waals surface area contributed by atoms with Gasteiger partial charge in [-0.2, -0.15) is 0 Å². The van der Waals surface area contributed by atoms with Crippen molar-refractivity contribution in [1.82, 2.24) is 24.4 Å². The van der Waals surface area contributed by atoms with Gasteiger partial charge in [-0.1, -0.05) is 0 Å². The van der Waals surface area contributed by atoms with Crippen LogP contribution in [0.5, 0.6) is 0 Å². The number of ketones is 1. The van der Waals surface area contributed by atoms with E-state index in [4.69, 9.17) is 0 Å². The van der Waals surface area contributed by atoms with Gasteiger partial charge in [0.15, 0.2) is 5.82 Å². The molecule has 1 aliphatic heterocycles. The van der Waals surface area contributed by atoms with Crippen LogP contribution in [0.1, 0.15) is 34.8 Å². The number of hydrogen-bond acceptors (Lipinski definition) is 4. The lowest BCUT2D eigenvalue weighted by atomic mass is 9.93. The molecule has 3 heterocycles. The van der Waals surface area contributed by atoms with E-state index in [9.17, 15) is 4.79 Å². The van der Waals surface area contributed by atoms with Crippen LogP contribution in [0.2, 0.25) is 0 Å². The standard InChI is InChI=1S/C15H21N5O/c1-11-13(18-10-17-11)9-20-6-3-4-12(8-20)14(21)15-16-5-7-19(15)2/h5,7,10,12H,3-4,6,8-9H2,1-2H3,(H,17,18). The van der Waals surface area contributed by atoms with E-state index in [1.807, 2.05) is 20.2 Å². The van der Waals surface area contributed by atoms with Gasteiger partial charge >= 0.3 is 0 Å². The zero-order valence-corrected chi connectivity index (χ0v) is 12.5. The number of imidazole rings is 2. The molecule has 1 aliphatic rings. The van der Waals surface area contributed by atoms with E-state index in [0.29, 0.717) is 5.82 Å². The normalized spacial score (nSPS) is 19.8. The third kappa shape index (κ3) is 2.90. The van der Waals surface area contributed by atoms with Gasteiger partial charge in [-0.25, -0.2) is 9.97 Å². The van der Waals surface area contributed by atoms with Crippen LogP contribution in [0.15, 0.2) is 18.7 Å². The van der Waals surface area contributed by atoms with Crippen molar-refractivity contribution in [3.63, 3.8) is 0 Å². The number of hydrogen-bond donors (Lipinski definition) is 1. The van der Waals surface area contributed by atoms with Crippen LogP contribution in [-0.2, 0) is 13.6 Å². The summed E-state index contributed by atoms with van der Waals surface area (Å²) in [6.45, 7) is 4.65. The van der Waals surface area contributed by atoms with Gasteiger partial charge in [0.1, 0.15) is 0 Å². The first kappa shape index (κ1) is 14.0. The Labute approximate surface area is 124 Å². The maximum atomic E-state index is 12.6. The highest BCUT2D eigenvalue weighted by Gasteiger charge is 2.29. The topological polar surface area (TPSA) is 66.8 Å². The van der Waals surface area contributed by atoms with E-state index in [2.05, 4.69) is 19.9 Å². The summed E-state index contributed by atoms with van der Waals surface area (Å²) in [5, 5.41) is 0. The number of carbonyl (C=O) groups excluding carboxylic acids is 1. The molecule has 2 aromatic rings. The van der Waals surface area contributed by atoms with Gasteiger partial charge in [-0.3, -0.25) is 9.69 Å². The third-order valence-electron chi connectivity index (χ3n) is 4.23. The maximum Gasteiger partial charge on any atom is 0.202 e. The van der Waals surface area contributed by atoms with Crippen molar-refractivity contribution in [1.29, 1.82) is 0 Å². The number of rotatable bonds is 4. The number of carbonyl (C=O) groups is 1. The second kappa shape index (κ2) is 5.81. The minimum absolute atomic E-state index is 0.0408. The van der Waals surface area contributed by atoms with E-state index in [0.717, 1.165) is 43.9 Å². The molecule has 1 fully saturated rings. The number of piperidine rings is 1. The van der Waals surface area contributed by atoms with Gasteiger partial charge in [-0.15, -0.1) is 0 Å². The van der Waals surface area contributed by atoms with Crippen molar-refractivity contribution in [3.8, 4) is 0 Å². The molecule has 3 rings (SSSR count). The highest BCUT2D eigenvalue weighted by molar-refractivity contribution is 5.94. The van der Waals surface area contributed by atoms with Gasteiger partial charge in [0.05, 0.1) is 12.0 Å². The largest absolute Gasteiger partial charge is 0.348 e. The Morgan fingerprint density at radius 2 is 2.33 bits per heavy atom. The highest BCUT2D eigenvalue weighted by atomic mass is 16.1. The Hall–Kier alpha value is -1.95. The zero-order valence-electron chi connectivity index (χ0n) is 12.5. The monoisotopic (exact) mass is 287 g/mol. The summed E-state index contributed by atoms with van der Waals surface area (Å²) in [4.78, 5) is 26.5. The molecule has 112 valence electrons. The summed E-state index contributed by atoms with van der Waals surface area (Å²) in [6.07, 6.45) is 7.22. The minimum Gasteiger partial charge on any atom is -0.348 e. The summed E-state index contributed by atoms with van der Waals surface area (Å²) in [7, 11) is 1.87. The number of aromatic nitrogens is 4. The molecule has 21 heavy (non-hydrogen) atoms. The molecule has 1 saturated heterocycles. The zero-order chi connectivity index (χ0) is 14.8. The van der Waals surface area contributed by atoms with Crippen molar-refractivity contribution >= 4 is 5.78 Å². The molecule has 0 aromatic carbocycles. The summed E-state index contributed by atoms with van der Waals surface area (Å²) < 4.78 is 1.80. The molecule has 1 N–H and O–H groups in total. The molecule has 0 radical (unpaired) electrons. The third-order valence-corrected chi connectivity index (χ3v) is 4.23. The Bertz CT molecular complexity index is 630. The Morgan fingerprint density at radius 1 is 1.48 bits per heavy atom. The number of aromatic amines is 1. The fourth-order valence-electron chi connectivity index (χ4n) is 2.96. The predicted molar refractivity (Wildman–Crippen MR) is 78.9 cm³/mol. The van der Waals surface area contributed by atoms with Crippen LogP contribution >= 0.6 is 0 Å². The number of Topliss-reactive ketones (excluding diaryl/α,β-unsaturated/α-hetero) is 1. The lowest BCUT2D eigenvalue weighted by Crippen LogP contribution is -2.39. The SMILES string of the molecule is Cc1[nH]cnc1CN1CCCC(C(=O)c2nccn2C)C1. The van der Waals surface area contributed by atoms with Crippen LogP contribution in [0, 0.1) is 12.8 Å². The van der Waals surface area contributed by atoms with Crippen molar-refractivity contribution < 1.29 is 4.79 Å². The van der Waals surface area contributed by atoms with E-state index < -0.39 is 0 Å². The first-order valence-corrected chi connectivity index (χ1v) is 7.38. The average Bonchev–Trinajstić information content (AvgIpc) is 3.08. The maximum absolute atomic E-state index is 12.6. The molecule has 0 bridgehead atoms. The van der Waals surface area contributed by atoms with E-state index in [-0.39, 0.29) is 11.7 Å². The number of likely N-dealkylation sites (tertiary alicyclic amines) is 1. The summed E-state index contributed by atoms with van der Waals surface area (Å²) in [5.74, 6) is 0.767. The van der Waals surface area contributed by atoms with Gasteiger partial charge in [0.2, 0.25) is 5.78 Å². The molecule has 6 heteroatoms. The Kier molecular flexibility index (Phi) is 3.88. The molecular formula is C15H21N5O. The van der Waals surface area contributed by atoms with Crippen LogP contribution in [0.4, 0.5) is 0 Å². The van der Waals surface area contributed by atoms with Crippen molar-refractivity contribution in [2.75, 3.05) is 13.1 Å². The summed E-state index contributed by atoms with van der Waals surface area (Å²) in [6, 6.07) is 0. The van der Waals surface area contributed by atoms with E-state index in [1.54, 1.807) is 17.1 Å². The molecule has 1 atom stereocenters. The molecule has 0 spiro atoms. The van der Waals surface area contributed by atoms with Gasteiger partial charge in [0.25, 0.3) is 0 Å². The molecule has 0 saturated carbocycles. The van der Waals surface area contributed by atoms with Crippen molar-refractivity contribution in [3.05, 3.63) is 35.9 Å². The average molecular weight is 287 g/mol. The van der Waals surface area contributed by atoms with Crippen LogP contribution < -0.4 is 0 Å². The van der Waals surface area contributed by atoms with E-state index in [1.165, 1.54) is 0 Å². The molecular weight excluding hydrogens is 266 g/mol. The minimum atomic E-state index is 0.0408. The first-order valence-electron chi connectivity index (χ1n) is 7.38. The second-order valence-corrected chi connectivity index (χ2v) is 5.77. The smallest absolute Gasteiger partial charge is 0.202 e. The fraction of sp³-hybridized carbons (Fsp3) is 0.533. The number of nitrogens with one attached hydrogen (secondary N) is 1. The molecule has 0 aliphatic carbocycles. The quantitative estimate of drug-likeness (QED) is 0.866. The van der Waals surface area contributed by atoms with Crippen LogP contribution in [0.25, 0.3) is 0 Å². The summed E-state index contributed by atoms with van der Waals surface area (Å²) in [5.41, 5.74) is 2.17. The number of nitrogens with zero attached hydrogens (tertiary/aromatic N) is 4. The second-order valence-electron chi connectivity index (χ2n) is 5.77. The lowest BCUT2D eigenvalue weighted by Gasteiger charge is -2.31. The number of aryl methyl sites for hydroxylation is 2. The van der Waals surface area contributed by atoms with Crippen LogP contribution in [-0.4, -0.2) is 43.3 Å². The molecule has 0 amide bonds. The first-order chi connectivity index (χ1) is 10.1. The highest BCUT2D eigenvalue weighted by Crippen LogP contribution is 2.21. The van der Waals surface area contributed by atoms with Crippen molar-refractivity contribution in [2.24, 2.45) is 13.0 Å².